The largest absolute Gasteiger partial charge is 0.465 e. The highest BCUT2D eigenvalue weighted by Gasteiger charge is 2.12. The van der Waals surface area contributed by atoms with Gasteiger partial charge in [-0.2, -0.15) is 0 Å². The average Bonchev–Trinajstić information content (AvgIpc) is 2.24. The first-order valence-corrected chi connectivity index (χ1v) is 5.56. The number of hydrogen-bond donors (Lipinski definition) is 0. The monoisotopic (exact) mass is 283 g/mol. The second-order valence-electron chi connectivity index (χ2n) is 3.51. The molecule has 0 atom stereocenters. The number of ether oxygens (including phenoxy) is 1. The number of benzene rings is 1. The van der Waals surface area contributed by atoms with Crippen molar-refractivity contribution in [2.24, 2.45) is 0 Å². The molecule has 0 unspecified atom stereocenters. The van der Waals surface area contributed by atoms with E-state index in [4.69, 9.17) is 4.74 Å². The highest BCUT2D eigenvalue weighted by atomic mass is 79.9. The third kappa shape index (κ3) is 3.38. The van der Waals surface area contributed by atoms with E-state index < -0.39 is 0 Å². The topological polar surface area (TPSA) is 29.5 Å². The summed E-state index contributed by atoms with van der Waals surface area (Å²) in [5.74, 6) is -0.341. The Balaban J connectivity index is 3.16. The van der Waals surface area contributed by atoms with Crippen LogP contribution in [-0.2, 0) is 9.53 Å². The van der Waals surface area contributed by atoms with Gasteiger partial charge in [-0.25, -0.2) is 4.79 Å². The first-order valence-electron chi connectivity index (χ1n) is 4.77. The summed E-state index contributed by atoms with van der Waals surface area (Å²) in [6.45, 7) is 0. The van der Waals surface area contributed by atoms with Crippen LogP contribution in [0, 0.1) is 0 Å². The molecule has 1 aromatic carbocycles. The van der Waals surface area contributed by atoms with E-state index in [2.05, 4.69) is 15.9 Å². The lowest BCUT2D eigenvalue weighted by atomic mass is 10.1. The van der Waals surface area contributed by atoms with E-state index in [-0.39, 0.29) is 5.97 Å². The van der Waals surface area contributed by atoms with E-state index in [0.29, 0.717) is 5.57 Å². The molecule has 16 heavy (non-hydrogen) atoms. The number of nitrogens with zero attached hydrogens (tertiary/aromatic N) is 1. The molecule has 0 amide bonds. The molecule has 1 rings (SSSR count). The molecule has 86 valence electrons. The van der Waals surface area contributed by atoms with Gasteiger partial charge in [-0.05, 0) is 17.7 Å². The first-order chi connectivity index (χ1) is 7.54. The van der Waals surface area contributed by atoms with Crippen molar-refractivity contribution in [3.8, 4) is 0 Å². The summed E-state index contributed by atoms with van der Waals surface area (Å²) < 4.78 is 5.69. The van der Waals surface area contributed by atoms with Crippen LogP contribution >= 0.6 is 15.9 Å². The van der Waals surface area contributed by atoms with Crippen LogP contribution in [0.5, 0.6) is 0 Å². The van der Waals surface area contributed by atoms with Gasteiger partial charge in [0.15, 0.2) is 0 Å². The number of carbonyl (C=O) groups excluding carboxylic acids is 1. The SMILES string of the molecule is COC(=O)/C(=C/N(C)C)c1cccc(Br)c1. The van der Waals surface area contributed by atoms with Gasteiger partial charge in [0.2, 0.25) is 0 Å². The highest BCUT2D eigenvalue weighted by Crippen LogP contribution is 2.20. The van der Waals surface area contributed by atoms with E-state index in [1.807, 2.05) is 43.3 Å². The molecule has 0 heterocycles. The van der Waals surface area contributed by atoms with Gasteiger partial charge in [-0.3, -0.25) is 0 Å². The zero-order chi connectivity index (χ0) is 12.1. The predicted molar refractivity (Wildman–Crippen MR) is 67.8 cm³/mol. The minimum Gasteiger partial charge on any atom is -0.465 e. The molecule has 3 nitrogen and oxygen atoms in total. The molecule has 1 aromatic rings. The van der Waals surface area contributed by atoms with Crippen molar-refractivity contribution in [3.05, 3.63) is 40.5 Å². The first kappa shape index (κ1) is 12.8. The van der Waals surface area contributed by atoms with Gasteiger partial charge < -0.3 is 9.64 Å². The Morgan fingerprint density at radius 3 is 2.62 bits per heavy atom. The molecule has 0 N–H and O–H groups in total. The van der Waals surface area contributed by atoms with Gasteiger partial charge in [0, 0.05) is 24.8 Å². The van der Waals surface area contributed by atoms with E-state index >= 15 is 0 Å². The molecule has 0 aliphatic heterocycles. The lowest BCUT2D eigenvalue weighted by Crippen LogP contribution is -2.10. The maximum absolute atomic E-state index is 11.6. The molecular formula is C12H14BrNO2. The molecule has 0 aromatic heterocycles. The second-order valence-corrected chi connectivity index (χ2v) is 4.42. The van der Waals surface area contributed by atoms with Crippen molar-refractivity contribution in [2.75, 3.05) is 21.2 Å². The van der Waals surface area contributed by atoms with Crippen LogP contribution in [0.15, 0.2) is 34.9 Å². The number of halogens is 1. The van der Waals surface area contributed by atoms with E-state index in [9.17, 15) is 4.79 Å². The summed E-state index contributed by atoms with van der Waals surface area (Å²) in [6.07, 6.45) is 1.74. The molecule has 4 heteroatoms. The minimum atomic E-state index is -0.341. The molecule has 0 fully saturated rings. The maximum atomic E-state index is 11.6. The number of rotatable bonds is 3. The van der Waals surface area contributed by atoms with Crippen molar-refractivity contribution in [3.63, 3.8) is 0 Å². The third-order valence-electron chi connectivity index (χ3n) is 1.93. The fourth-order valence-corrected chi connectivity index (χ4v) is 1.67. The zero-order valence-corrected chi connectivity index (χ0v) is 11.1. The Labute approximate surface area is 104 Å². The van der Waals surface area contributed by atoms with Crippen LogP contribution in [0.4, 0.5) is 0 Å². The van der Waals surface area contributed by atoms with Gasteiger partial charge in [-0.1, -0.05) is 28.1 Å². The fourth-order valence-electron chi connectivity index (χ4n) is 1.27. The molecule has 0 spiro atoms. The van der Waals surface area contributed by atoms with Crippen molar-refractivity contribution < 1.29 is 9.53 Å². The second kappa shape index (κ2) is 5.70. The smallest absolute Gasteiger partial charge is 0.339 e. The number of esters is 1. The summed E-state index contributed by atoms with van der Waals surface area (Å²) in [7, 11) is 5.10. The van der Waals surface area contributed by atoms with E-state index in [0.717, 1.165) is 10.0 Å². The Kier molecular flexibility index (Phi) is 4.55. The molecule has 0 radical (unpaired) electrons. The standard InChI is InChI=1S/C12H14BrNO2/c1-14(2)8-11(12(15)16-3)9-5-4-6-10(13)7-9/h4-8H,1-3H3/b11-8+. The van der Waals surface area contributed by atoms with Gasteiger partial charge in [0.1, 0.15) is 0 Å². The number of hydrogen-bond acceptors (Lipinski definition) is 3. The average molecular weight is 284 g/mol. The third-order valence-corrected chi connectivity index (χ3v) is 2.42. The normalized spacial score (nSPS) is 11.1. The number of carbonyl (C=O) groups is 1. The summed E-state index contributed by atoms with van der Waals surface area (Å²) in [4.78, 5) is 13.4. The summed E-state index contributed by atoms with van der Waals surface area (Å²) in [6, 6.07) is 7.54. The van der Waals surface area contributed by atoms with Crippen LogP contribution in [0.1, 0.15) is 5.56 Å². The van der Waals surface area contributed by atoms with E-state index in [1.165, 1.54) is 7.11 Å². The molecule has 0 saturated heterocycles. The molecule has 0 aliphatic rings. The quantitative estimate of drug-likeness (QED) is 0.631. The lowest BCUT2D eigenvalue weighted by molar-refractivity contribution is -0.133. The highest BCUT2D eigenvalue weighted by molar-refractivity contribution is 9.10. The van der Waals surface area contributed by atoms with Crippen molar-refractivity contribution >= 4 is 27.5 Å². The Hall–Kier alpha value is -1.29. The van der Waals surface area contributed by atoms with Crippen LogP contribution in [-0.4, -0.2) is 32.1 Å². The van der Waals surface area contributed by atoms with Crippen molar-refractivity contribution in [2.45, 2.75) is 0 Å². The Morgan fingerprint density at radius 1 is 1.44 bits per heavy atom. The predicted octanol–water partition coefficient (Wildman–Crippen LogP) is 2.52. The van der Waals surface area contributed by atoms with Gasteiger partial charge in [0.05, 0.1) is 12.7 Å². The summed E-state index contributed by atoms with van der Waals surface area (Å²) >= 11 is 3.37. The summed E-state index contributed by atoms with van der Waals surface area (Å²) in [5, 5.41) is 0. The molecule has 0 bridgehead atoms. The number of methoxy groups -OCH3 is 1. The van der Waals surface area contributed by atoms with Gasteiger partial charge in [0.25, 0.3) is 0 Å². The van der Waals surface area contributed by atoms with Crippen LogP contribution < -0.4 is 0 Å². The lowest BCUT2D eigenvalue weighted by Gasteiger charge is -2.10. The van der Waals surface area contributed by atoms with Crippen LogP contribution in [0.2, 0.25) is 0 Å². The fraction of sp³-hybridized carbons (Fsp3) is 0.250. The van der Waals surface area contributed by atoms with Crippen molar-refractivity contribution in [1.82, 2.24) is 4.90 Å². The zero-order valence-electron chi connectivity index (χ0n) is 9.53. The Bertz CT molecular complexity index is 413. The Morgan fingerprint density at radius 2 is 2.12 bits per heavy atom. The minimum absolute atomic E-state index is 0.341. The van der Waals surface area contributed by atoms with Gasteiger partial charge in [-0.15, -0.1) is 0 Å². The van der Waals surface area contributed by atoms with Crippen LogP contribution in [0.25, 0.3) is 5.57 Å². The molecule has 0 saturated carbocycles. The molecular weight excluding hydrogens is 270 g/mol. The maximum Gasteiger partial charge on any atom is 0.339 e. The van der Waals surface area contributed by atoms with Gasteiger partial charge >= 0.3 is 5.97 Å². The van der Waals surface area contributed by atoms with Crippen molar-refractivity contribution in [1.29, 1.82) is 0 Å². The summed E-state index contributed by atoms with van der Waals surface area (Å²) in [5.41, 5.74) is 1.36. The van der Waals surface area contributed by atoms with E-state index in [1.54, 1.807) is 6.20 Å². The molecule has 0 aliphatic carbocycles. The van der Waals surface area contributed by atoms with Crippen LogP contribution in [0.3, 0.4) is 0 Å².